The van der Waals surface area contributed by atoms with Gasteiger partial charge in [-0.05, 0) is 37.0 Å². The van der Waals surface area contributed by atoms with Crippen LogP contribution in [-0.4, -0.2) is 14.6 Å². The monoisotopic (exact) mass is 256 g/mol. The van der Waals surface area contributed by atoms with Crippen LogP contribution in [-0.2, 0) is 12.8 Å². The molecule has 1 aliphatic carbocycles. The van der Waals surface area contributed by atoms with Gasteiger partial charge in [-0.1, -0.05) is 6.07 Å². The van der Waals surface area contributed by atoms with Gasteiger partial charge in [0.2, 0.25) is 0 Å². The Balaban J connectivity index is 2.03. The fourth-order valence-electron chi connectivity index (χ4n) is 2.68. The van der Waals surface area contributed by atoms with Gasteiger partial charge in [0.15, 0.2) is 11.5 Å². The number of nitrogen functional groups attached to an aromatic ring is 1. The molecule has 90 valence electrons. The van der Waals surface area contributed by atoms with Crippen molar-refractivity contribution in [1.82, 2.24) is 14.6 Å². The number of aromatic nitrogens is 3. The second-order valence-corrected chi connectivity index (χ2v) is 5.69. The minimum absolute atomic E-state index is 0.866. The highest BCUT2D eigenvalue weighted by atomic mass is 32.1. The Kier molecular flexibility index (Phi) is 1.99. The summed E-state index contributed by atoms with van der Waals surface area (Å²) in [5.74, 6) is 0.877. The van der Waals surface area contributed by atoms with E-state index in [9.17, 15) is 0 Å². The quantitative estimate of drug-likeness (QED) is 0.728. The second-order valence-electron chi connectivity index (χ2n) is 4.55. The maximum atomic E-state index is 6.17. The molecule has 0 atom stereocenters. The summed E-state index contributed by atoms with van der Waals surface area (Å²) in [6.45, 7) is 0. The molecule has 3 aromatic rings. The molecule has 0 saturated heterocycles. The second kappa shape index (κ2) is 3.55. The van der Waals surface area contributed by atoms with E-state index in [2.05, 4.69) is 10.2 Å². The zero-order valence-corrected chi connectivity index (χ0v) is 10.6. The lowest BCUT2D eigenvalue weighted by Crippen LogP contribution is -1.94. The van der Waals surface area contributed by atoms with E-state index in [0.29, 0.717) is 0 Å². The van der Waals surface area contributed by atoms with E-state index in [0.717, 1.165) is 34.9 Å². The highest BCUT2D eigenvalue weighted by Crippen LogP contribution is 2.42. The smallest absolute Gasteiger partial charge is 0.171 e. The molecule has 3 heterocycles. The van der Waals surface area contributed by atoms with Gasteiger partial charge in [0, 0.05) is 11.1 Å². The lowest BCUT2D eigenvalue weighted by molar-refractivity contribution is 0.914. The SMILES string of the molecule is Nc1sc2c(c1-c1nnc3ccccn13)CCC2. The number of aryl methyl sites for hydroxylation is 1. The van der Waals surface area contributed by atoms with Gasteiger partial charge in [0.05, 0.1) is 10.6 Å². The Labute approximate surface area is 108 Å². The van der Waals surface area contributed by atoms with Gasteiger partial charge < -0.3 is 5.73 Å². The van der Waals surface area contributed by atoms with Crippen molar-refractivity contribution in [1.29, 1.82) is 0 Å². The Hall–Kier alpha value is -1.88. The molecule has 1 aliphatic rings. The summed E-state index contributed by atoms with van der Waals surface area (Å²) in [7, 11) is 0. The summed E-state index contributed by atoms with van der Waals surface area (Å²) in [6.07, 6.45) is 5.48. The van der Waals surface area contributed by atoms with Crippen LogP contribution in [0.25, 0.3) is 17.0 Å². The molecule has 0 bridgehead atoms. The normalized spacial score (nSPS) is 14.2. The molecule has 4 nitrogen and oxygen atoms in total. The summed E-state index contributed by atoms with van der Waals surface area (Å²) < 4.78 is 2.01. The van der Waals surface area contributed by atoms with Gasteiger partial charge in [-0.15, -0.1) is 21.5 Å². The molecule has 3 aromatic heterocycles. The molecule has 0 spiro atoms. The van der Waals surface area contributed by atoms with Crippen molar-refractivity contribution >= 4 is 22.0 Å². The van der Waals surface area contributed by atoms with Crippen LogP contribution >= 0.6 is 11.3 Å². The molecule has 4 rings (SSSR count). The summed E-state index contributed by atoms with van der Waals surface area (Å²) >= 11 is 1.71. The van der Waals surface area contributed by atoms with Crippen molar-refractivity contribution in [2.45, 2.75) is 19.3 Å². The average Bonchev–Trinajstić information content (AvgIpc) is 3.03. The lowest BCUT2D eigenvalue weighted by atomic mass is 10.1. The molecule has 0 radical (unpaired) electrons. The predicted octanol–water partition coefficient (Wildman–Crippen LogP) is 2.53. The summed E-state index contributed by atoms with van der Waals surface area (Å²) in [4.78, 5) is 1.43. The molecule has 0 aromatic carbocycles. The number of rotatable bonds is 1. The standard InChI is InChI=1S/C13H12N4S/c14-12-11(8-4-3-5-9(8)18-12)13-16-15-10-6-1-2-7-17(10)13/h1-2,6-7H,3-5,14H2. The zero-order chi connectivity index (χ0) is 12.1. The summed E-state index contributed by atoms with van der Waals surface area (Å²) in [6, 6.07) is 5.91. The number of pyridine rings is 1. The Morgan fingerprint density at radius 2 is 2.17 bits per heavy atom. The molecule has 0 unspecified atom stereocenters. The molecular weight excluding hydrogens is 244 g/mol. The van der Waals surface area contributed by atoms with E-state index < -0.39 is 0 Å². The Morgan fingerprint density at radius 1 is 1.22 bits per heavy atom. The highest BCUT2D eigenvalue weighted by molar-refractivity contribution is 7.16. The number of hydrogen-bond donors (Lipinski definition) is 1. The van der Waals surface area contributed by atoms with Gasteiger partial charge >= 0.3 is 0 Å². The van der Waals surface area contributed by atoms with Crippen LogP contribution in [0.2, 0.25) is 0 Å². The van der Waals surface area contributed by atoms with Crippen LogP contribution in [0.15, 0.2) is 24.4 Å². The topological polar surface area (TPSA) is 56.2 Å². The van der Waals surface area contributed by atoms with Crippen molar-refractivity contribution in [3.8, 4) is 11.4 Å². The maximum absolute atomic E-state index is 6.17. The third-order valence-corrected chi connectivity index (χ3v) is 4.61. The fraction of sp³-hybridized carbons (Fsp3) is 0.231. The van der Waals surface area contributed by atoms with Crippen LogP contribution in [0.5, 0.6) is 0 Å². The summed E-state index contributed by atoms with van der Waals surface area (Å²) in [5.41, 5.74) is 9.52. The molecule has 0 fully saturated rings. The van der Waals surface area contributed by atoms with Crippen molar-refractivity contribution in [2.24, 2.45) is 0 Å². The molecule has 5 heteroatoms. The number of nitrogens with zero attached hydrogens (tertiary/aromatic N) is 3. The van der Waals surface area contributed by atoms with Crippen LogP contribution in [0, 0.1) is 0 Å². The first-order valence-corrected chi connectivity index (χ1v) is 6.86. The summed E-state index contributed by atoms with van der Waals surface area (Å²) in [5, 5.41) is 9.39. The van der Waals surface area contributed by atoms with E-state index >= 15 is 0 Å². The average molecular weight is 256 g/mol. The van der Waals surface area contributed by atoms with Gasteiger partial charge in [0.1, 0.15) is 0 Å². The van der Waals surface area contributed by atoms with Crippen molar-refractivity contribution in [2.75, 3.05) is 5.73 Å². The molecule has 0 saturated carbocycles. The Morgan fingerprint density at radius 3 is 3.11 bits per heavy atom. The third-order valence-electron chi connectivity index (χ3n) is 3.49. The van der Waals surface area contributed by atoms with Gasteiger partial charge in [-0.25, -0.2) is 0 Å². The highest BCUT2D eigenvalue weighted by Gasteiger charge is 2.24. The number of nitrogens with two attached hydrogens (primary N) is 1. The molecule has 0 aliphatic heterocycles. The number of fused-ring (bicyclic) bond motifs is 2. The van der Waals surface area contributed by atoms with Crippen molar-refractivity contribution in [3.05, 3.63) is 34.8 Å². The number of anilines is 1. The molecule has 2 N–H and O–H groups in total. The van der Waals surface area contributed by atoms with Crippen LogP contribution < -0.4 is 5.73 Å². The van der Waals surface area contributed by atoms with Crippen LogP contribution in [0.1, 0.15) is 16.9 Å². The zero-order valence-electron chi connectivity index (χ0n) is 9.76. The van der Waals surface area contributed by atoms with Gasteiger partial charge in [-0.3, -0.25) is 4.40 Å². The number of thiophene rings is 1. The lowest BCUT2D eigenvalue weighted by Gasteiger charge is -2.01. The fourth-order valence-corrected chi connectivity index (χ4v) is 3.84. The largest absolute Gasteiger partial charge is 0.390 e. The molecule has 18 heavy (non-hydrogen) atoms. The van der Waals surface area contributed by atoms with E-state index in [1.807, 2.05) is 28.8 Å². The van der Waals surface area contributed by atoms with Crippen LogP contribution in [0.4, 0.5) is 5.00 Å². The van der Waals surface area contributed by atoms with Gasteiger partial charge in [-0.2, -0.15) is 0 Å². The molecule has 0 amide bonds. The first-order valence-electron chi connectivity index (χ1n) is 6.05. The van der Waals surface area contributed by atoms with Crippen LogP contribution in [0.3, 0.4) is 0 Å². The third kappa shape index (κ3) is 1.25. The van der Waals surface area contributed by atoms with Crippen molar-refractivity contribution < 1.29 is 0 Å². The van der Waals surface area contributed by atoms with Crippen molar-refractivity contribution in [3.63, 3.8) is 0 Å². The van der Waals surface area contributed by atoms with Gasteiger partial charge in [0.25, 0.3) is 0 Å². The maximum Gasteiger partial charge on any atom is 0.171 e. The van der Waals surface area contributed by atoms with E-state index in [-0.39, 0.29) is 0 Å². The number of hydrogen-bond acceptors (Lipinski definition) is 4. The van der Waals surface area contributed by atoms with E-state index in [4.69, 9.17) is 5.73 Å². The minimum Gasteiger partial charge on any atom is -0.390 e. The first kappa shape index (κ1) is 10.1. The van der Waals surface area contributed by atoms with E-state index in [1.165, 1.54) is 16.9 Å². The first-order chi connectivity index (χ1) is 8.84. The van der Waals surface area contributed by atoms with E-state index in [1.54, 1.807) is 11.3 Å². The minimum atomic E-state index is 0.866. The Bertz CT molecular complexity index is 741. The molecular formula is C13H12N4S. The predicted molar refractivity (Wildman–Crippen MR) is 72.7 cm³/mol.